The summed E-state index contributed by atoms with van der Waals surface area (Å²) < 4.78 is 32.6. The maximum atomic E-state index is 12.5. The molecular formula is C18H23N3O4S. The molecular weight excluding hydrogens is 354 g/mol. The highest BCUT2D eigenvalue weighted by Gasteiger charge is 2.16. The summed E-state index contributed by atoms with van der Waals surface area (Å²) >= 11 is 0. The summed E-state index contributed by atoms with van der Waals surface area (Å²) in [5.74, 6) is -0.219. The van der Waals surface area contributed by atoms with Gasteiger partial charge in [0.15, 0.2) is 0 Å². The molecule has 8 heteroatoms. The molecule has 0 radical (unpaired) electrons. The third kappa shape index (κ3) is 5.55. The maximum Gasteiger partial charge on any atom is 0.261 e. The fourth-order valence-corrected chi connectivity index (χ4v) is 3.43. The van der Waals surface area contributed by atoms with E-state index in [2.05, 4.69) is 10.0 Å². The molecule has 0 spiro atoms. The molecule has 0 bridgehead atoms. The number of hydrogen-bond acceptors (Lipinski definition) is 5. The Hall–Kier alpha value is -2.42. The van der Waals surface area contributed by atoms with Gasteiger partial charge in [-0.2, -0.15) is 0 Å². The van der Waals surface area contributed by atoms with E-state index in [1.807, 2.05) is 0 Å². The van der Waals surface area contributed by atoms with Crippen molar-refractivity contribution < 1.29 is 17.9 Å². The van der Waals surface area contributed by atoms with Gasteiger partial charge < -0.3 is 15.8 Å². The van der Waals surface area contributed by atoms with Crippen molar-refractivity contribution in [1.29, 1.82) is 0 Å². The molecule has 2 aromatic rings. The van der Waals surface area contributed by atoms with Crippen LogP contribution < -0.4 is 15.8 Å². The lowest BCUT2D eigenvalue weighted by atomic mass is 10.1. The number of sulfonamides is 1. The van der Waals surface area contributed by atoms with Crippen LogP contribution in [0, 0.1) is 0 Å². The summed E-state index contributed by atoms with van der Waals surface area (Å²) in [5.41, 5.74) is 6.58. The first kappa shape index (κ1) is 19.9. The molecule has 0 aromatic heterocycles. The Morgan fingerprint density at radius 3 is 2.42 bits per heavy atom. The van der Waals surface area contributed by atoms with Gasteiger partial charge in [0, 0.05) is 20.2 Å². The highest BCUT2D eigenvalue weighted by atomic mass is 32.2. The quantitative estimate of drug-likeness (QED) is 0.613. The number of para-hydroxylation sites is 1. The minimum absolute atomic E-state index is 0.144. The number of hydrogen-bond donors (Lipinski definition) is 3. The summed E-state index contributed by atoms with van der Waals surface area (Å²) in [6.07, 6.45) is -0.202. The van der Waals surface area contributed by atoms with Gasteiger partial charge >= 0.3 is 0 Å². The normalized spacial score (nSPS) is 12.4. The van der Waals surface area contributed by atoms with Gasteiger partial charge in [-0.1, -0.05) is 36.4 Å². The minimum Gasteiger partial charge on any atom is -0.380 e. The molecule has 1 amide bonds. The molecule has 0 aliphatic carbocycles. The van der Waals surface area contributed by atoms with Crippen LogP contribution in [-0.4, -0.2) is 34.1 Å². The number of carbonyl (C=O) groups is 1. The number of nitrogens with one attached hydrogen (secondary N) is 2. The van der Waals surface area contributed by atoms with E-state index in [1.165, 1.54) is 19.2 Å². The van der Waals surface area contributed by atoms with E-state index in [0.717, 1.165) is 0 Å². The van der Waals surface area contributed by atoms with Crippen molar-refractivity contribution in [2.45, 2.75) is 24.0 Å². The van der Waals surface area contributed by atoms with E-state index in [0.29, 0.717) is 11.3 Å². The predicted molar refractivity (Wildman–Crippen MR) is 100 cm³/mol. The van der Waals surface area contributed by atoms with Crippen LogP contribution in [0.25, 0.3) is 0 Å². The highest BCUT2D eigenvalue weighted by Crippen LogP contribution is 2.20. The Morgan fingerprint density at radius 2 is 1.77 bits per heavy atom. The number of nitrogens with two attached hydrogens (primary N) is 1. The Balaban J connectivity index is 2.07. The van der Waals surface area contributed by atoms with E-state index in [-0.39, 0.29) is 36.4 Å². The number of methoxy groups -OCH3 is 1. The largest absolute Gasteiger partial charge is 0.380 e. The first-order valence-corrected chi connectivity index (χ1v) is 9.60. The average Bonchev–Trinajstić information content (AvgIpc) is 2.66. The van der Waals surface area contributed by atoms with Crippen molar-refractivity contribution in [3.05, 3.63) is 60.2 Å². The second-order valence-electron chi connectivity index (χ2n) is 5.65. The van der Waals surface area contributed by atoms with Crippen LogP contribution in [0.15, 0.2) is 59.5 Å². The summed E-state index contributed by atoms with van der Waals surface area (Å²) in [4.78, 5) is 12.1. The first-order chi connectivity index (χ1) is 12.5. The predicted octanol–water partition coefficient (Wildman–Crippen LogP) is 1.47. The van der Waals surface area contributed by atoms with Gasteiger partial charge in [0.2, 0.25) is 5.91 Å². The Kier molecular flexibility index (Phi) is 7.14. The van der Waals surface area contributed by atoms with Gasteiger partial charge in [0.1, 0.15) is 0 Å². The van der Waals surface area contributed by atoms with Crippen molar-refractivity contribution in [3.63, 3.8) is 0 Å². The summed E-state index contributed by atoms with van der Waals surface area (Å²) in [5, 5.41) is 2.75. The van der Waals surface area contributed by atoms with Crippen molar-refractivity contribution in [3.8, 4) is 0 Å². The van der Waals surface area contributed by atoms with E-state index >= 15 is 0 Å². The van der Waals surface area contributed by atoms with Crippen LogP contribution in [0.3, 0.4) is 0 Å². The lowest BCUT2D eigenvalue weighted by Gasteiger charge is -2.15. The molecule has 1 atom stereocenters. The SMILES string of the molecule is COC(CN)CC(=O)NCc1ccccc1NS(=O)(=O)c1ccccc1. The van der Waals surface area contributed by atoms with Crippen LogP contribution in [0.1, 0.15) is 12.0 Å². The van der Waals surface area contributed by atoms with Crippen molar-refractivity contribution in [1.82, 2.24) is 5.32 Å². The van der Waals surface area contributed by atoms with Crippen LogP contribution in [0.5, 0.6) is 0 Å². The molecule has 0 heterocycles. The molecule has 140 valence electrons. The number of rotatable bonds is 9. The molecule has 26 heavy (non-hydrogen) atoms. The van der Waals surface area contributed by atoms with Crippen LogP contribution in [0.4, 0.5) is 5.69 Å². The van der Waals surface area contributed by atoms with E-state index in [1.54, 1.807) is 42.5 Å². The standard InChI is InChI=1S/C18H23N3O4S/c1-25-15(12-19)11-18(22)20-13-14-7-5-6-10-17(14)21-26(23,24)16-8-3-2-4-9-16/h2-10,15,21H,11-13,19H2,1H3,(H,20,22). The topological polar surface area (TPSA) is 111 Å². The van der Waals surface area contributed by atoms with Gasteiger partial charge in [0.05, 0.1) is 23.1 Å². The summed E-state index contributed by atoms with van der Waals surface area (Å²) in [6, 6.07) is 15.0. The zero-order valence-corrected chi connectivity index (χ0v) is 15.3. The smallest absolute Gasteiger partial charge is 0.261 e. The van der Waals surface area contributed by atoms with E-state index in [9.17, 15) is 13.2 Å². The molecule has 4 N–H and O–H groups in total. The Morgan fingerprint density at radius 1 is 1.12 bits per heavy atom. The molecule has 1 unspecified atom stereocenters. The summed E-state index contributed by atoms with van der Waals surface area (Å²) in [6.45, 7) is 0.435. The van der Waals surface area contributed by atoms with Gasteiger partial charge in [-0.05, 0) is 23.8 Å². The molecule has 2 aromatic carbocycles. The van der Waals surface area contributed by atoms with E-state index < -0.39 is 10.0 Å². The second-order valence-corrected chi connectivity index (χ2v) is 7.33. The van der Waals surface area contributed by atoms with Crippen molar-refractivity contribution in [2.75, 3.05) is 18.4 Å². The number of ether oxygens (including phenoxy) is 1. The van der Waals surface area contributed by atoms with Crippen molar-refractivity contribution >= 4 is 21.6 Å². The molecule has 0 aliphatic rings. The number of benzene rings is 2. The molecule has 0 saturated heterocycles. The van der Waals surface area contributed by atoms with E-state index in [4.69, 9.17) is 10.5 Å². The summed E-state index contributed by atoms with van der Waals surface area (Å²) in [7, 11) is -2.20. The zero-order chi connectivity index (χ0) is 19.0. The third-order valence-corrected chi connectivity index (χ3v) is 5.18. The lowest BCUT2D eigenvalue weighted by molar-refractivity contribution is -0.123. The van der Waals surface area contributed by atoms with Gasteiger partial charge in [-0.15, -0.1) is 0 Å². The van der Waals surface area contributed by atoms with Gasteiger partial charge in [-0.25, -0.2) is 8.42 Å². The third-order valence-electron chi connectivity index (χ3n) is 3.80. The van der Waals surface area contributed by atoms with Crippen LogP contribution in [-0.2, 0) is 26.1 Å². The van der Waals surface area contributed by atoms with Crippen LogP contribution in [0.2, 0.25) is 0 Å². The number of carbonyl (C=O) groups excluding carboxylic acids is 1. The van der Waals surface area contributed by atoms with Crippen molar-refractivity contribution in [2.24, 2.45) is 5.73 Å². The monoisotopic (exact) mass is 377 g/mol. The molecule has 0 fully saturated rings. The number of amides is 1. The second kappa shape index (κ2) is 9.33. The fraction of sp³-hybridized carbons (Fsp3) is 0.278. The van der Waals surface area contributed by atoms with Gasteiger partial charge in [0.25, 0.3) is 10.0 Å². The fourth-order valence-electron chi connectivity index (χ4n) is 2.31. The Labute approximate surface area is 153 Å². The Bertz CT molecular complexity index is 821. The zero-order valence-electron chi connectivity index (χ0n) is 14.5. The molecule has 2 rings (SSSR count). The molecule has 0 saturated carbocycles. The molecule has 0 aliphatic heterocycles. The minimum atomic E-state index is -3.70. The first-order valence-electron chi connectivity index (χ1n) is 8.11. The van der Waals surface area contributed by atoms with Gasteiger partial charge in [-0.3, -0.25) is 9.52 Å². The van der Waals surface area contributed by atoms with Crippen LogP contribution >= 0.6 is 0 Å². The number of anilines is 1. The molecule has 7 nitrogen and oxygen atoms in total. The lowest BCUT2D eigenvalue weighted by Crippen LogP contribution is -2.32. The highest BCUT2D eigenvalue weighted by molar-refractivity contribution is 7.92. The average molecular weight is 377 g/mol. The maximum absolute atomic E-state index is 12.5.